The maximum Gasteiger partial charge on any atom is 0.312 e. The Morgan fingerprint density at radius 2 is 1.89 bits per heavy atom. The molecule has 106 valence electrons. The highest BCUT2D eigenvalue weighted by Gasteiger charge is 2.09. The van der Waals surface area contributed by atoms with Gasteiger partial charge in [-0.05, 0) is 13.8 Å². The number of carbonyl (C=O) groups excluding carboxylic acids is 1. The molecular formula is C10H20N8O. The zero-order chi connectivity index (χ0) is 14.3. The van der Waals surface area contributed by atoms with Gasteiger partial charge in [-0.25, -0.2) is 4.79 Å². The van der Waals surface area contributed by atoms with Gasteiger partial charge in [0.05, 0.1) is 0 Å². The number of hydrogen-bond acceptors (Lipinski definition) is 7. The molecule has 1 aromatic rings. The van der Waals surface area contributed by atoms with Gasteiger partial charge in [0, 0.05) is 26.2 Å². The van der Waals surface area contributed by atoms with Crippen LogP contribution < -0.4 is 27.0 Å². The van der Waals surface area contributed by atoms with Gasteiger partial charge in [-0.15, -0.1) is 0 Å². The van der Waals surface area contributed by atoms with Crippen LogP contribution in [0.2, 0.25) is 0 Å². The number of nitrogens with two attached hydrogens (primary N) is 2. The second-order valence-electron chi connectivity index (χ2n) is 3.71. The standard InChI is InChI=1S/C10H20N8O/c1-3-18(4-2)10-16-7(11)15-9(17-10)14-6-5-13-8(12)19/h3-6H2,1-2H3,(H3,12,13,19)(H3,11,14,15,16,17). The topological polar surface area (TPSA) is 135 Å². The lowest BCUT2D eigenvalue weighted by atomic mass is 10.5. The van der Waals surface area contributed by atoms with E-state index in [0.717, 1.165) is 13.1 Å². The second-order valence-corrected chi connectivity index (χ2v) is 3.71. The van der Waals surface area contributed by atoms with Gasteiger partial charge in [-0.3, -0.25) is 0 Å². The first-order chi connectivity index (χ1) is 9.06. The molecule has 6 N–H and O–H groups in total. The Bertz CT molecular complexity index is 420. The summed E-state index contributed by atoms with van der Waals surface area (Å²) in [5, 5.41) is 5.40. The number of hydrogen-bond donors (Lipinski definition) is 4. The maximum atomic E-state index is 10.5. The molecule has 0 aliphatic rings. The lowest BCUT2D eigenvalue weighted by molar-refractivity contribution is 0.249. The van der Waals surface area contributed by atoms with Crippen LogP contribution in [0, 0.1) is 0 Å². The predicted molar refractivity (Wildman–Crippen MR) is 73.9 cm³/mol. The lowest BCUT2D eigenvalue weighted by Gasteiger charge is -2.19. The van der Waals surface area contributed by atoms with E-state index < -0.39 is 6.03 Å². The first-order valence-electron chi connectivity index (χ1n) is 6.10. The quantitative estimate of drug-likeness (QED) is 0.484. The van der Waals surface area contributed by atoms with Crippen molar-refractivity contribution in [2.45, 2.75) is 13.8 Å². The van der Waals surface area contributed by atoms with Crippen LogP contribution in [0.25, 0.3) is 0 Å². The van der Waals surface area contributed by atoms with Gasteiger partial charge in [0.15, 0.2) is 0 Å². The molecule has 9 heteroatoms. The number of amides is 2. The molecule has 0 fully saturated rings. The zero-order valence-corrected chi connectivity index (χ0v) is 11.2. The number of rotatable bonds is 7. The van der Waals surface area contributed by atoms with E-state index in [4.69, 9.17) is 11.5 Å². The Morgan fingerprint density at radius 3 is 2.47 bits per heavy atom. The van der Waals surface area contributed by atoms with Crippen LogP contribution in [-0.4, -0.2) is 47.2 Å². The van der Waals surface area contributed by atoms with Gasteiger partial charge >= 0.3 is 6.03 Å². The summed E-state index contributed by atoms with van der Waals surface area (Å²) in [5.41, 5.74) is 10.6. The number of nitrogens with zero attached hydrogens (tertiary/aromatic N) is 4. The Morgan fingerprint density at radius 1 is 1.21 bits per heavy atom. The van der Waals surface area contributed by atoms with Crippen LogP contribution in [0.4, 0.5) is 22.6 Å². The number of nitrogen functional groups attached to an aromatic ring is 1. The Kier molecular flexibility index (Phi) is 5.58. The Hall–Kier alpha value is -2.32. The Labute approximate surface area is 111 Å². The second kappa shape index (κ2) is 7.19. The number of urea groups is 1. The monoisotopic (exact) mass is 268 g/mol. The van der Waals surface area contributed by atoms with Gasteiger partial charge in [0.25, 0.3) is 0 Å². The molecule has 0 aliphatic heterocycles. The van der Waals surface area contributed by atoms with Crippen molar-refractivity contribution >= 4 is 23.9 Å². The fourth-order valence-corrected chi connectivity index (χ4v) is 1.47. The molecule has 0 unspecified atom stereocenters. The minimum absolute atomic E-state index is 0.155. The Balaban J connectivity index is 2.65. The van der Waals surface area contributed by atoms with Crippen molar-refractivity contribution in [1.29, 1.82) is 0 Å². The number of aromatic nitrogens is 3. The molecule has 0 atom stereocenters. The summed E-state index contributed by atoms with van der Waals surface area (Å²) in [5.74, 6) is 1.06. The molecule has 19 heavy (non-hydrogen) atoms. The van der Waals surface area contributed by atoms with Gasteiger partial charge in [-0.2, -0.15) is 15.0 Å². The summed E-state index contributed by atoms with van der Waals surface area (Å²) in [4.78, 5) is 24.8. The first kappa shape index (κ1) is 14.7. The fourth-order valence-electron chi connectivity index (χ4n) is 1.47. The number of primary amides is 1. The van der Waals surface area contributed by atoms with Crippen molar-refractivity contribution in [3.8, 4) is 0 Å². The highest BCUT2D eigenvalue weighted by Crippen LogP contribution is 2.11. The summed E-state index contributed by atoms with van der Waals surface area (Å²) < 4.78 is 0. The maximum absolute atomic E-state index is 10.5. The summed E-state index contributed by atoms with van der Waals surface area (Å²) in [6, 6.07) is -0.569. The van der Waals surface area contributed by atoms with Crippen molar-refractivity contribution in [2.75, 3.05) is 42.1 Å². The molecule has 0 bridgehead atoms. The molecule has 1 aromatic heterocycles. The minimum atomic E-state index is -0.569. The van der Waals surface area contributed by atoms with Gasteiger partial charge in [0.2, 0.25) is 17.8 Å². The summed E-state index contributed by atoms with van der Waals surface area (Å²) in [7, 11) is 0. The van der Waals surface area contributed by atoms with Crippen molar-refractivity contribution in [1.82, 2.24) is 20.3 Å². The first-order valence-corrected chi connectivity index (χ1v) is 6.10. The average Bonchev–Trinajstić information content (AvgIpc) is 2.35. The van der Waals surface area contributed by atoms with Crippen molar-refractivity contribution in [3.05, 3.63) is 0 Å². The molecular weight excluding hydrogens is 248 g/mol. The third-order valence-corrected chi connectivity index (χ3v) is 2.39. The highest BCUT2D eigenvalue weighted by atomic mass is 16.2. The van der Waals surface area contributed by atoms with Gasteiger partial charge < -0.3 is 27.0 Å². The number of nitrogens with one attached hydrogen (secondary N) is 2. The van der Waals surface area contributed by atoms with E-state index in [9.17, 15) is 4.79 Å². The van der Waals surface area contributed by atoms with E-state index in [1.165, 1.54) is 0 Å². The fraction of sp³-hybridized carbons (Fsp3) is 0.600. The van der Waals surface area contributed by atoms with Gasteiger partial charge in [0.1, 0.15) is 0 Å². The summed E-state index contributed by atoms with van der Waals surface area (Å²) in [6.07, 6.45) is 0. The van der Waals surface area contributed by atoms with Crippen LogP contribution in [0.5, 0.6) is 0 Å². The molecule has 0 aliphatic carbocycles. The SMILES string of the molecule is CCN(CC)c1nc(N)nc(NCCNC(N)=O)n1. The van der Waals surface area contributed by atoms with Crippen molar-refractivity contribution in [3.63, 3.8) is 0 Å². The number of anilines is 3. The van der Waals surface area contributed by atoms with E-state index >= 15 is 0 Å². The van der Waals surface area contributed by atoms with Crippen LogP contribution in [0.3, 0.4) is 0 Å². The van der Waals surface area contributed by atoms with E-state index in [1.54, 1.807) is 0 Å². The predicted octanol–water partition coefficient (Wildman–Crippen LogP) is -0.620. The molecule has 0 saturated heterocycles. The normalized spacial score (nSPS) is 10.0. The molecule has 2 amide bonds. The molecule has 0 radical (unpaired) electrons. The third kappa shape index (κ3) is 4.82. The molecule has 1 rings (SSSR count). The summed E-state index contributed by atoms with van der Waals surface area (Å²) >= 11 is 0. The lowest BCUT2D eigenvalue weighted by Crippen LogP contribution is -2.33. The van der Waals surface area contributed by atoms with E-state index in [2.05, 4.69) is 25.6 Å². The molecule has 0 spiro atoms. The molecule has 0 saturated carbocycles. The zero-order valence-electron chi connectivity index (χ0n) is 11.2. The van der Waals surface area contributed by atoms with Crippen molar-refractivity contribution < 1.29 is 4.79 Å². The highest BCUT2D eigenvalue weighted by molar-refractivity contribution is 5.71. The van der Waals surface area contributed by atoms with Crippen LogP contribution in [0.1, 0.15) is 13.8 Å². The molecule has 9 nitrogen and oxygen atoms in total. The van der Waals surface area contributed by atoms with Crippen LogP contribution in [-0.2, 0) is 0 Å². The van der Waals surface area contributed by atoms with E-state index in [0.29, 0.717) is 25.0 Å². The van der Waals surface area contributed by atoms with E-state index in [1.807, 2.05) is 18.7 Å². The number of carbonyl (C=O) groups is 1. The summed E-state index contributed by atoms with van der Waals surface area (Å²) in [6.45, 7) is 6.40. The molecule has 1 heterocycles. The smallest absolute Gasteiger partial charge is 0.312 e. The molecule has 0 aromatic carbocycles. The van der Waals surface area contributed by atoms with Crippen LogP contribution >= 0.6 is 0 Å². The van der Waals surface area contributed by atoms with E-state index in [-0.39, 0.29) is 5.95 Å². The third-order valence-electron chi connectivity index (χ3n) is 2.39. The minimum Gasteiger partial charge on any atom is -0.368 e. The largest absolute Gasteiger partial charge is 0.368 e. The average molecular weight is 268 g/mol. The van der Waals surface area contributed by atoms with Crippen LogP contribution in [0.15, 0.2) is 0 Å². The van der Waals surface area contributed by atoms with Crippen molar-refractivity contribution in [2.24, 2.45) is 5.73 Å². The van der Waals surface area contributed by atoms with Gasteiger partial charge in [-0.1, -0.05) is 0 Å².